The van der Waals surface area contributed by atoms with E-state index in [9.17, 15) is 4.79 Å². The number of aromatic amines is 1. The van der Waals surface area contributed by atoms with Gasteiger partial charge < -0.3 is 14.9 Å². The number of para-hydroxylation sites is 1. The zero-order valence-corrected chi connectivity index (χ0v) is 16.5. The third-order valence-electron chi connectivity index (χ3n) is 5.36. The minimum Gasteiger partial charge on any atom is -0.349 e. The Bertz CT molecular complexity index is 1210. The van der Waals surface area contributed by atoms with Crippen LogP contribution in [-0.2, 0) is 13.0 Å². The number of amides is 1. The second-order valence-corrected chi connectivity index (χ2v) is 7.67. The summed E-state index contributed by atoms with van der Waals surface area (Å²) in [4.78, 5) is 15.9. The molecule has 0 spiro atoms. The van der Waals surface area contributed by atoms with Crippen molar-refractivity contribution in [2.24, 2.45) is 0 Å². The zero-order chi connectivity index (χ0) is 19.8. The van der Waals surface area contributed by atoms with Gasteiger partial charge in [-0.3, -0.25) is 4.79 Å². The molecule has 0 unspecified atom stereocenters. The molecule has 6 nitrogen and oxygen atoms in total. The minimum absolute atomic E-state index is 0.275. The molecule has 0 fully saturated rings. The van der Waals surface area contributed by atoms with Crippen LogP contribution in [0.5, 0.6) is 0 Å². The van der Waals surface area contributed by atoms with Crippen molar-refractivity contribution >= 4 is 34.1 Å². The summed E-state index contributed by atoms with van der Waals surface area (Å²) in [6, 6.07) is 15.3. The first-order valence-corrected chi connectivity index (χ1v) is 10.2. The van der Waals surface area contributed by atoms with Crippen molar-refractivity contribution in [3.8, 4) is 11.4 Å². The molecule has 0 radical (unpaired) electrons. The van der Waals surface area contributed by atoms with Crippen LogP contribution >= 0.6 is 11.6 Å². The van der Waals surface area contributed by atoms with Gasteiger partial charge in [-0.1, -0.05) is 48.4 Å². The van der Waals surface area contributed by atoms with Gasteiger partial charge in [0.2, 0.25) is 0 Å². The molecule has 146 valence electrons. The largest absolute Gasteiger partial charge is 0.349 e. The molecule has 5 rings (SSSR count). The van der Waals surface area contributed by atoms with E-state index in [1.807, 2.05) is 48.5 Å². The van der Waals surface area contributed by atoms with E-state index >= 15 is 0 Å². The summed E-state index contributed by atoms with van der Waals surface area (Å²) in [7, 11) is 0. The van der Waals surface area contributed by atoms with Gasteiger partial charge >= 0.3 is 0 Å². The number of benzene rings is 2. The molecule has 4 aromatic rings. The van der Waals surface area contributed by atoms with Gasteiger partial charge in [0.25, 0.3) is 5.91 Å². The summed E-state index contributed by atoms with van der Waals surface area (Å²) in [5.74, 6) is 1.61. The van der Waals surface area contributed by atoms with Crippen LogP contribution in [0.25, 0.3) is 22.3 Å². The number of fused-ring (bicyclic) bond motifs is 2. The number of carbonyl (C=O) groups excluding carboxylic acids is 1. The van der Waals surface area contributed by atoms with Crippen molar-refractivity contribution in [3.63, 3.8) is 0 Å². The van der Waals surface area contributed by atoms with E-state index in [1.165, 1.54) is 6.42 Å². The highest BCUT2D eigenvalue weighted by Gasteiger charge is 2.18. The fraction of sp³-hybridized carbons (Fsp3) is 0.227. The Morgan fingerprint density at radius 1 is 1.07 bits per heavy atom. The van der Waals surface area contributed by atoms with Crippen molar-refractivity contribution in [1.82, 2.24) is 19.7 Å². The molecule has 2 aromatic carbocycles. The number of hydrogen-bond donors (Lipinski definition) is 2. The highest BCUT2D eigenvalue weighted by atomic mass is 35.5. The lowest BCUT2D eigenvalue weighted by molar-refractivity contribution is 0.102. The molecule has 1 aliphatic heterocycles. The first-order chi connectivity index (χ1) is 14.2. The predicted molar refractivity (Wildman–Crippen MR) is 114 cm³/mol. The van der Waals surface area contributed by atoms with E-state index in [0.29, 0.717) is 16.4 Å². The average molecular weight is 406 g/mol. The number of carbonyl (C=O) groups is 1. The van der Waals surface area contributed by atoms with Gasteiger partial charge in [0.15, 0.2) is 5.82 Å². The normalized spacial score (nSPS) is 13.8. The Labute approximate surface area is 172 Å². The molecule has 1 amide bonds. The molecule has 2 aromatic heterocycles. The molecule has 1 aliphatic rings. The van der Waals surface area contributed by atoms with Crippen LogP contribution in [0.1, 0.15) is 35.6 Å². The maximum atomic E-state index is 12.8. The SMILES string of the molecule is O=C(Nc1cccc(-c2nnc3n2CCCCC3)c1)c1[nH]c2ccccc2c1Cl. The van der Waals surface area contributed by atoms with Crippen LogP contribution in [0.4, 0.5) is 5.69 Å². The number of rotatable bonds is 3. The summed E-state index contributed by atoms with van der Waals surface area (Å²) < 4.78 is 2.20. The molecule has 0 bridgehead atoms. The number of nitrogens with zero attached hydrogens (tertiary/aromatic N) is 3. The second kappa shape index (κ2) is 7.37. The molecule has 0 saturated carbocycles. The van der Waals surface area contributed by atoms with Crippen LogP contribution < -0.4 is 5.32 Å². The standard InChI is InChI=1S/C22H20ClN5O/c23-19-16-9-3-4-10-17(16)25-20(19)22(29)24-15-8-6-7-14(13-15)21-27-26-18-11-2-1-5-12-28(18)21/h3-4,6-10,13,25H,1-2,5,11-12H2,(H,24,29). The van der Waals surface area contributed by atoms with Crippen molar-refractivity contribution in [2.75, 3.05) is 5.32 Å². The zero-order valence-electron chi connectivity index (χ0n) is 15.8. The Kier molecular flexibility index (Phi) is 4.56. The second-order valence-electron chi connectivity index (χ2n) is 7.30. The van der Waals surface area contributed by atoms with Gasteiger partial charge in [-0.05, 0) is 31.0 Å². The number of anilines is 1. The van der Waals surface area contributed by atoms with Crippen LogP contribution in [0.3, 0.4) is 0 Å². The molecule has 0 atom stereocenters. The van der Waals surface area contributed by atoms with E-state index in [0.717, 1.165) is 53.9 Å². The van der Waals surface area contributed by atoms with Gasteiger partial charge in [-0.25, -0.2) is 0 Å². The summed E-state index contributed by atoms with van der Waals surface area (Å²) in [6.45, 7) is 0.929. The molecular weight excluding hydrogens is 386 g/mol. The van der Waals surface area contributed by atoms with E-state index in [4.69, 9.17) is 11.6 Å². The number of nitrogens with one attached hydrogen (secondary N) is 2. The number of halogens is 1. The quantitative estimate of drug-likeness (QED) is 0.500. The summed E-state index contributed by atoms with van der Waals surface area (Å²) in [5, 5.41) is 13.0. The molecule has 0 saturated heterocycles. The third kappa shape index (κ3) is 3.29. The number of aryl methyl sites for hydroxylation is 1. The maximum absolute atomic E-state index is 12.8. The lowest BCUT2D eigenvalue weighted by Crippen LogP contribution is -2.13. The van der Waals surface area contributed by atoms with Gasteiger partial charge in [-0.2, -0.15) is 0 Å². The molecular formula is C22H20ClN5O. The smallest absolute Gasteiger partial charge is 0.273 e. The molecule has 0 aliphatic carbocycles. The van der Waals surface area contributed by atoms with Gasteiger partial charge in [0.1, 0.15) is 11.5 Å². The Morgan fingerprint density at radius 3 is 2.86 bits per heavy atom. The van der Waals surface area contributed by atoms with Crippen LogP contribution in [-0.4, -0.2) is 25.7 Å². The highest BCUT2D eigenvalue weighted by Crippen LogP contribution is 2.29. The Hall–Kier alpha value is -3.12. The first kappa shape index (κ1) is 17.9. The topological polar surface area (TPSA) is 75.6 Å². The van der Waals surface area contributed by atoms with Crippen LogP contribution in [0, 0.1) is 0 Å². The Morgan fingerprint density at radius 2 is 1.97 bits per heavy atom. The van der Waals surface area contributed by atoms with Crippen LogP contribution in [0.15, 0.2) is 48.5 Å². The van der Waals surface area contributed by atoms with Crippen molar-refractivity contribution < 1.29 is 4.79 Å². The molecule has 3 heterocycles. The fourth-order valence-electron chi connectivity index (χ4n) is 3.89. The molecule has 7 heteroatoms. The minimum atomic E-state index is -0.275. The summed E-state index contributed by atoms with van der Waals surface area (Å²) >= 11 is 6.41. The lowest BCUT2D eigenvalue weighted by atomic mass is 10.1. The van der Waals surface area contributed by atoms with Gasteiger partial charge in [0.05, 0.1) is 5.02 Å². The summed E-state index contributed by atoms with van der Waals surface area (Å²) in [5.41, 5.74) is 2.82. The molecule has 29 heavy (non-hydrogen) atoms. The van der Waals surface area contributed by atoms with E-state index in [2.05, 4.69) is 25.1 Å². The number of H-pyrrole nitrogens is 1. The van der Waals surface area contributed by atoms with Crippen molar-refractivity contribution in [2.45, 2.75) is 32.2 Å². The first-order valence-electron chi connectivity index (χ1n) is 9.81. The monoisotopic (exact) mass is 405 g/mol. The molecule has 2 N–H and O–H groups in total. The predicted octanol–water partition coefficient (Wildman–Crippen LogP) is 5.06. The highest BCUT2D eigenvalue weighted by molar-refractivity contribution is 6.39. The Balaban J connectivity index is 1.44. The van der Waals surface area contributed by atoms with Gasteiger partial charge in [0, 0.05) is 35.1 Å². The van der Waals surface area contributed by atoms with Gasteiger partial charge in [-0.15, -0.1) is 10.2 Å². The maximum Gasteiger partial charge on any atom is 0.273 e. The number of hydrogen-bond acceptors (Lipinski definition) is 3. The van der Waals surface area contributed by atoms with E-state index in [-0.39, 0.29) is 5.91 Å². The van der Waals surface area contributed by atoms with Crippen LogP contribution in [0.2, 0.25) is 5.02 Å². The van der Waals surface area contributed by atoms with E-state index in [1.54, 1.807) is 0 Å². The van der Waals surface area contributed by atoms with Crippen molar-refractivity contribution in [3.05, 3.63) is 65.1 Å². The third-order valence-corrected chi connectivity index (χ3v) is 5.75. The lowest BCUT2D eigenvalue weighted by Gasteiger charge is -2.09. The van der Waals surface area contributed by atoms with E-state index < -0.39 is 0 Å². The summed E-state index contributed by atoms with van der Waals surface area (Å²) in [6.07, 6.45) is 4.46. The average Bonchev–Trinajstić information content (AvgIpc) is 3.21. The van der Waals surface area contributed by atoms with Crippen molar-refractivity contribution in [1.29, 1.82) is 0 Å². The number of aromatic nitrogens is 4. The fourth-order valence-corrected chi connectivity index (χ4v) is 4.19.